The summed E-state index contributed by atoms with van der Waals surface area (Å²) in [7, 11) is 0. The Morgan fingerprint density at radius 3 is 2.70 bits per heavy atom. The fourth-order valence-electron chi connectivity index (χ4n) is 1.90. The summed E-state index contributed by atoms with van der Waals surface area (Å²) in [6, 6.07) is 11.7. The van der Waals surface area contributed by atoms with Crippen molar-refractivity contribution in [3.63, 3.8) is 0 Å². The predicted molar refractivity (Wildman–Crippen MR) is 80.3 cm³/mol. The van der Waals surface area contributed by atoms with Gasteiger partial charge in [0, 0.05) is 21.7 Å². The highest BCUT2D eigenvalue weighted by Crippen LogP contribution is 2.31. The van der Waals surface area contributed by atoms with E-state index in [2.05, 4.69) is 20.9 Å². The zero-order valence-electron chi connectivity index (χ0n) is 10.3. The van der Waals surface area contributed by atoms with Crippen molar-refractivity contribution in [2.75, 3.05) is 5.73 Å². The maximum atomic E-state index is 13.8. The molecule has 0 aliphatic rings. The molecule has 0 saturated carbocycles. The summed E-state index contributed by atoms with van der Waals surface area (Å²) in [5.74, 6) is 0.272. The van der Waals surface area contributed by atoms with Gasteiger partial charge in [0.15, 0.2) is 11.6 Å². The van der Waals surface area contributed by atoms with E-state index >= 15 is 0 Å². The van der Waals surface area contributed by atoms with Crippen LogP contribution < -0.4 is 10.5 Å². The Morgan fingerprint density at radius 1 is 1.05 bits per heavy atom. The van der Waals surface area contributed by atoms with E-state index in [1.54, 1.807) is 36.5 Å². The van der Waals surface area contributed by atoms with Crippen LogP contribution in [0.15, 0.2) is 53.1 Å². The lowest BCUT2D eigenvalue weighted by Crippen LogP contribution is -1.91. The number of rotatable bonds is 2. The Morgan fingerprint density at radius 2 is 1.90 bits per heavy atom. The van der Waals surface area contributed by atoms with Crippen LogP contribution in [0.2, 0.25) is 0 Å². The summed E-state index contributed by atoms with van der Waals surface area (Å²) >= 11 is 3.21. The van der Waals surface area contributed by atoms with Crippen LogP contribution in [-0.4, -0.2) is 4.98 Å². The normalized spacial score (nSPS) is 10.7. The third kappa shape index (κ3) is 2.44. The van der Waals surface area contributed by atoms with Gasteiger partial charge in [-0.15, -0.1) is 0 Å². The molecule has 0 spiro atoms. The number of pyridine rings is 1. The molecule has 0 atom stereocenters. The van der Waals surface area contributed by atoms with E-state index in [0.717, 1.165) is 5.39 Å². The standard InChI is InChI=1S/C15H10BrFN2O/c16-9-1-4-15(12(17)7-9)20-14-5-6-19-13-8-10(18)2-3-11(13)14/h1-8H,18H2. The number of anilines is 1. The monoisotopic (exact) mass is 332 g/mol. The molecule has 2 N–H and O–H groups in total. The third-order valence-electron chi connectivity index (χ3n) is 2.84. The maximum Gasteiger partial charge on any atom is 0.166 e. The Balaban J connectivity index is 2.06. The van der Waals surface area contributed by atoms with Crippen LogP contribution in [0.1, 0.15) is 0 Å². The van der Waals surface area contributed by atoms with Gasteiger partial charge >= 0.3 is 0 Å². The molecule has 1 heterocycles. The fourth-order valence-corrected chi connectivity index (χ4v) is 2.24. The Kier molecular flexibility index (Phi) is 3.28. The highest BCUT2D eigenvalue weighted by molar-refractivity contribution is 9.10. The summed E-state index contributed by atoms with van der Waals surface area (Å²) in [5, 5.41) is 0.781. The summed E-state index contributed by atoms with van der Waals surface area (Å²) in [4.78, 5) is 4.22. The van der Waals surface area contributed by atoms with Gasteiger partial charge in [0.1, 0.15) is 5.75 Å². The van der Waals surface area contributed by atoms with E-state index < -0.39 is 5.82 Å². The second-order valence-corrected chi connectivity index (χ2v) is 5.18. The van der Waals surface area contributed by atoms with Gasteiger partial charge in [0.2, 0.25) is 0 Å². The number of aromatic nitrogens is 1. The van der Waals surface area contributed by atoms with Gasteiger partial charge in [0.25, 0.3) is 0 Å². The van der Waals surface area contributed by atoms with Crippen LogP contribution in [0.25, 0.3) is 10.9 Å². The molecule has 3 aromatic rings. The van der Waals surface area contributed by atoms with Crippen molar-refractivity contribution in [1.82, 2.24) is 4.98 Å². The second-order valence-electron chi connectivity index (χ2n) is 4.26. The number of ether oxygens (including phenoxy) is 1. The van der Waals surface area contributed by atoms with Crippen molar-refractivity contribution < 1.29 is 9.13 Å². The number of nitrogens with zero attached hydrogens (tertiary/aromatic N) is 1. The van der Waals surface area contributed by atoms with Crippen LogP contribution in [0.3, 0.4) is 0 Å². The van der Waals surface area contributed by atoms with Gasteiger partial charge in [0.05, 0.1) is 5.52 Å². The number of hydrogen-bond donors (Lipinski definition) is 1. The highest BCUT2D eigenvalue weighted by Gasteiger charge is 2.08. The topological polar surface area (TPSA) is 48.1 Å². The molecule has 1 aromatic heterocycles. The van der Waals surface area contributed by atoms with Crippen LogP contribution in [0, 0.1) is 5.82 Å². The minimum atomic E-state index is -0.431. The molecule has 0 unspecified atom stereocenters. The quantitative estimate of drug-likeness (QED) is 0.702. The first-order valence-electron chi connectivity index (χ1n) is 5.90. The van der Waals surface area contributed by atoms with Gasteiger partial charge in [-0.05, 0) is 42.5 Å². The van der Waals surface area contributed by atoms with Gasteiger partial charge in [-0.3, -0.25) is 4.98 Å². The molecule has 20 heavy (non-hydrogen) atoms. The summed E-state index contributed by atoms with van der Waals surface area (Å²) in [6.45, 7) is 0. The first-order valence-corrected chi connectivity index (χ1v) is 6.70. The smallest absolute Gasteiger partial charge is 0.166 e. The van der Waals surface area contributed by atoms with E-state index in [-0.39, 0.29) is 5.75 Å². The zero-order chi connectivity index (χ0) is 14.1. The second kappa shape index (κ2) is 5.09. The molecule has 5 heteroatoms. The van der Waals surface area contributed by atoms with Crippen LogP contribution in [0.5, 0.6) is 11.5 Å². The van der Waals surface area contributed by atoms with Crippen molar-refractivity contribution in [3.05, 3.63) is 59.0 Å². The number of nitrogens with two attached hydrogens (primary N) is 1. The highest BCUT2D eigenvalue weighted by atomic mass is 79.9. The molecule has 0 aliphatic carbocycles. The summed E-state index contributed by atoms with van der Waals surface area (Å²) in [6.07, 6.45) is 1.61. The lowest BCUT2D eigenvalue weighted by Gasteiger charge is -2.09. The van der Waals surface area contributed by atoms with E-state index in [4.69, 9.17) is 10.5 Å². The lowest BCUT2D eigenvalue weighted by molar-refractivity contribution is 0.446. The minimum absolute atomic E-state index is 0.164. The van der Waals surface area contributed by atoms with Crippen molar-refractivity contribution in [2.45, 2.75) is 0 Å². The molecule has 0 fully saturated rings. The van der Waals surface area contributed by atoms with Gasteiger partial charge < -0.3 is 10.5 Å². The minimum Gasteiger partial charge on any atom is -0.454 e. The number of halogens is 2. The number of nitrogen functional groups attached to an aromatic ring is 1. The van der Waals surface area contributed by atoms with Crippen molar-refractivity contribution in [3.8, 4) is 11.5 Å². The molecule has 0 bridgehead atoms. The van der Waals surface area contributed by atoms with Crippen molar-refractivity contribution in [2.24, 2.45) is 0 Å². The Hall–Kier alpha value is -2.14. The molecule has 3 rings (SSSR count). The fraction of sp³-hybridized carbons (Fsp3) is 0. The van der Waals surface area contributed by atoms with Crippen LogP contribution in [-0.2, 0) is 0 Å². The summed E-state index contributed by atoms with van der Waals surface area (Å²) < 4.78 is 20.1. The largest absolute Gasteiger partial charge is 0.454 e. The van der Waals surface area contributed by atoms with Crippen LogP contribution in [0.4, 0.5) is 10.1 Å². The van der Waals surface area contributed by atoms with Crippen molar-refractivity contribution in [1.29, 1.82) is 0 Å². The molecule has 0 aliphatic heterocycles. The van der Waals surface area contributed by atoms with E-state index in [1.807, 2.05) is 6.07 Å². The molecule has 100 valence electrons. The van der Waals surface area contributed by atoms with Gasteiger partial charge in [-0.1, -0.05) is 15.9 Å². The van der Waals surface area contributed by atoms with E-state index in [0.29, 0.717) is 21.4 Å². The van der Waals surface area contributed by atoms with Gasteiger partial charge in [-0.25, -0.2) is 4.39 Å². The summed E-state index contributed by atoms with van der Waals surface area (Å²) in [5.41, 5.74) is 7.05. The zero-order valence-corrected chi connectivity index (χ0v) is 11.9. The number of hydrogen-bond acceptors (Lipinski definition) is 3. The molecular formula is C15H10BrFN2O. The maximum absolute atomic E-state index is 13.8. The number of benzene rings is 2. The first kappa shape index (κ1) is 12.9. The molecule has 0 amide bonds. The van der Waals surface area contributed by atoms with E-state index in [1.165, 1.54) is 6.07 Å². The molecule has 0 radical (unpaired) electrons. The Labute approximate surface area is 123 Å². The van der Waals surface area contributed by atoms with Crippen LogP contribution >= 0.6 is 15.9 Å². The average Bonchev–Trinajstić information content (AvgIpc) is 2.41. The Bertz CT molecular complexity index is 792. The molecule has 3 nitrogen and oxygen atoms in total. The molecular weight excluding hydrogens is 323 g/mol. The molecule has 0 saturated heterocycles. The SMILES string of the molecule is Nc1ccc2c(Oc3ccc(Br)cc3F)ccnc2c1. The predicted octanol–water partition coefficient (Wildman–Crippen LogP) is 4.51. The molecule has 2 aromatic carbocycles. The van der Waals surface area contributed by atoms with Crippen molar-refractivity contribution >= 4 is 32.5 Å². The van der Waals surface area contributed by atoms with E-state index in [9.17, 15) is 4.39 Å². The lowest BCUT2D eigenvalue weighted by atomic mass is 10.2. The average molecular weight is 333 g/mol. The number of fused-ring (bicyclic) bond motifs is 1. The first-order chi connectivity index (χ1) is 9.63. The third-order valence-corrected chi connectivity index (χ3v) is 3.33. The van der Waals surface area contributed by atoms with Gasteiger partial charge in [-0.2, -0.15) is 0 Å².